The number of halogens is 1. The van der Waals surface area contributed by atoms with Crippen LogP contribution in [-0.4, -0.2) is 48.5 Å². The number of nitrogens with one attached hydrogen (secondary N) is 2. The number of aromatic nitrogens is 1. The first-order valence-electron chi connectivity index (χ1n) is 7.25. The summed E-state index contributed by atoms with van der Waals surface area (Å²) in [5.41, 5.74) is 1.22. The molecule has 0 aromatic carbocycles. The maximum Gasteiger partial charge on any atom is 0.222 e. The number of nitrogens with zero attached hydrogens (tertiary/aromatic N) is 3. The van der Waals surface area contributed by atoms with E-state index in [1.54, 1.807) is 7.05 Å². The molecule has 1 heterocycles. The Balaban J connectivity index is 0.00000441. The van der Waals surface area contributed by atoms with Gasteiger partial charge in [-0.05, 0) is 12.1 Å². The number of aryl methyl sites for hydroxylation is 1. The Kier molecular flexibility index (Phi) is 9.88. The van der Waals surface area contributed by atoms with E-state index in [0.717, 1.165) is 12.5 Å². The number of amides is 1. The summed E-state index contributed by atoms with van der Waals surface area (Å²) >= 11 is 0. The summed E-state index contributed by atoms with van der Waals surface area (Å²) in [6.45, 7) is 5.79. The van der Waals surface area contributed by atoms with Crippen LogP contribution in [0.15, 0.2) is 23.3 Å². The third-order valence-electron chi connectivity index (χ3n) is 3.26. The van der Waals surface area contributed by atoms with E-state index in [-0.39, 0.29) is 35.8 Å². The lowest BCUT2D eigenvalue weighted by molar-refractivity contribution is -0.123. The van der Waals surface area contributed by atoms with E-state index in [1.807, 2.05) is 40.2 Å². The number of carbonyl (C=O) groups is 1. The fourth-order valence-electron chi connectivity index (χ4n) is 1.93. The van der Waals surface area contributed by atoms with Gasteiger partial charge in [-0.1, -0.05) is 13.8 Å². The molecule has 126 valence electrons. The standard InChI is InChI=1S/C15H27N5O.HI/c1-12(2)14(21)17-8-9-18-15(16-3)20(5)11-13-7-6-10-19(13)4;/h6-7,10,12H,8-9,11H2,1-5H3,(H,16,18)(H,17,21);1H. The molecule has 0 saturated heterocycles. The van der Waals surface area contributed by atoms with Crippen molar-refractivity contribution in [1.29, 1.82) is 0 Å². The molecule has 0 spiro atoms. The zero-order chi connectivity index (χ0) is 15.8. The third-order valence-corrected chi connectivity index (χ3v) is 3.26. The number of guanidine groups is 1. The van der Waals surface area contributed by atoms with E-state index in [4.69, 9.17) is 0 Å². The first-order valence-corrected chi connectivity index (χ1v) is 7.25. The molecule has 2 N–H and O–H groups in total. The van der Waals surface area contributed by atoms with Gasteiger partial charge in [0, 0.05) is 52.0 Å². The molecule has 0 aliphatic rings. The number of carbonyl (C=O) groups excluding carboxylic acids is 1. The average Bonchev–Trinajstić information content (AvgIpc) is 2.83. The molecule has 1 amide bonds. The summed E-state index contributed by atoms with van der Waals surface area (Å²) in [5.74, 6) is 0.906. The van der Waals surface area contributed by atoms with Gasteiger partial charge in [0.25, 0.3) is 0 Å². The zero-order valence-corrected chi connectivity index (χ0v) is 16.4. The molecule has 1 aromatic heterocycles. The number of aliphatic imine (C=N–C) groups is 1. The zero-order valence-electron chi connectivity index (χ0n) is 14.1. The first-order chi connectivity index (χ1) is 9.95. The average molecular weight is 421 g/mol. The second-order valence-electron chi connectivity index (χ2n) is 5.39. The molecule has 0 fully saturated rings. The van der Waals surface area contributed by atoms with Gasteiger partial charge in [0.15, 0.2) is 5.96 Å². The molecule has 0 aliphatic carbocycles. The van der Waals surface area contributed by atoms with Crippen molar-refractivity contribution in [3.8, 4) is 0 Å². The molecule has 22 heavy (non-hydrogen) atoms. The second kappa shape index (κ2) is 10.5. The van der Waals surface area contributed by atoms with Gasteiger partial charge >= 0.3 is 0 Å². The lowest BCUT2D eigenvalue weighted by Gasteiger charge is -2.22. The van der Waals surface area contributed by atoms with Crippen LogP contribution in [0.1, 0.15) is 19.5 Å². The van der Waals surface area contributed by atoms with E-state index >= 15 is 0 Å². The van der Waals surface area contributed by atoms with Gasteiger partial charge in [-0.3, -0.25) is 9.79 Å². The predicted molar refractivity (Wildman–Crippen MR) is 102 cm³/mol. The highest BCUT2D eigenvalue weighted by molar-refractivity contribution is 14.0. The Morgan fingerprint density at radius 3 is 2.50 bits per heavy atom. The van der Waals surface area contributed by atoms with E-state index in [1.165, 1.54) is 5.69 Å². The van der Waals surface area contributed by atoms with Crippen LogP contribution in [0, 0.1) is 5.92 Å². The van der Waals surface area contributed by atoms with Gasteiger partial charge < -0.3 is 20.1 Å². The summed E-state index contributed by atoms with van der Waals surface area (Å²) in [5, 5.41) is 6.12. The minimum Gasteiger partial charge on any atom is -0.354 e. The van der Waals surface area contributed by atoms with Crippen LogP contribution in [0.4, 0.5) is 0 Å². The van der Waals surface area contributed by atoms with Crippen molar-refractivity contribution in [2.24, 2.45) is 18.0 Å². The second-order valence-corrected chi connectivity index (χ2v) is 5.39. The van der Waals surface area contributed by atoms with Gasteiger partial charge in [0.2, 0.25) is 5.91 Å². The van der Waals surface area contributed by atoms with Crippen LogP contribution >= 0.6 is 24.0 Å². The number of rotatable bonds is 6. The molecule has 0 bridgehead atoms. The Bertz CT molecular complexity index is 484. The highest BCUT2D eigenvalue weighted by atomic mass is 127. The quantitative estimate of drug-likeness (QED) is 0.316. The SMILES string of the molecule is CN=C(NCCNC(=O)C(C)C)N(C)Cc1cccn1C.I. The maximum absolute atomic E-state index is 11.5. The van der Waals surface area contributed by atoms with Gasteiger partial charge in [-0.25, -0.2) is 0 Å². The van der Waals surface area contributed by atoms with Crippen LogP contribution in [0.3, 0.4) is 0 Å². The highest BCUT2D eigenvalue weighted by Gasteiger charge is 2.09. The van der Waals surface area contributed by atoms with Crippen molar-refractivity contribution in [3.05, 3.63) is 24.0 Å². The van der Waals surface area contributed by atoms with Crippen LogP contribution < -0.4 is 10.6 Å². The van der Waals surface area contributed by atoms with Crippen molar-refractivity contribution >= 4 is 35.8 Å². The van der Waals surface area contributed by atoms with Crippen molar-refractivity contribution in [2.75, 3.05) is 27.2 Å². The van der Waals surface area contributed by atoms with Crippen molar-refractivity contribution in [1.82, 2.24) is 20.1 Å². The summed E-state index contributed by atoms with van der Waals surface area (Å²) in [6.07, 6.45) is 2.03. The molecule has 0 radical (unpaired) electrons. The monoisotopic (exact) mass is 421 g/mol. The fourth-order valence-corrected chi connectivity index (χ4v) is 1.93. The molecule has 0 aliphatic heterocycles. The first kappa shape index (κ1) is 20.8. The Morgan fingerprint density at radius 1 is 1.36 bits per heavy atom. The normalized spacial score (nSPS) is 11.1. The number of hydrogen-bond acceptors (Lipinski definition) is 2. The van der Waals surface area contributed by atoms with Gasteiger partial charge in [-0.2, -0.15) is 0 Å². The Labute approximate surface area is 150 Å². The van der Waals surface area contributed by atoms with Crippen molar-refractivity contribution < 1.29 is 4.79 Å². The summed E-state index contributed by atoms with van der Waals surface area (Å²) in [4.78, 5) is 17.8. The summed E-state index contributed by atoms with van der Waals surface area (Å²) < 4.78 is 2.09. The smallest absolute Gasteiger partial charge is 0.222 e. The van der Waals surface area contributed by atoms with Crippen molar-refractivity contribution in [3.63, 3.8) is 0 Å². The summed E-state index contributed by atoms with van der Waals surface area (Å²) in [6, 6.07) is 4.12. The van der Waals surface area contributed by atoms with Gasteiger partial charge in [0.1, 0.15) is 0 Å². The van der Waals surface area contributed by atoms with Crippen LogP contribution in [-0.2, 0) is 18.4 Å². The molecule has 1 aromatic rings. The molecule has 0 atom stereocenters. The molecule has 0 unspecified atom stereocenters. The lowest BCUT2D eigenvalue weighted by atomic mass is 10.2. The highest BCUT2D eigenvalue weighted by Crippen LogP contribution is 2.03. The maximum atomic E-state index is 11.5. The molecule has 7 heteroatoms. The molecule has 1 rings (SSSR count). The largest absolute Gasteiger partial charge is 0.354 e. The van der Waals surface area contributed by atoms with Gasteiger partial charge in [-0.15, -0.1) is 24.0 Å². The molecular weight excluding hydrogens is 393 g/mol. The fraction of sp³-hybridized carbons (Fsp3) is 0.600. The Morgan fingerprint density at radius 2 is 2.00 bits per heavy atom. The van der Waals surface area contributed by atoms with E-state index < -0.39 is 0 Å². The molecular formula is C15H28IN5O. The predicted octanol–water partition coefficient (Wildman–Crippen LogP) is 1.42. The van der Waals surface area contributed by atoms with Crippen LogP contribution in [0.5, 0.6) is 0 Å². The molecule has 6 nitrogen and oxygen atoms in total. The summed E-state index contributed by atoms with van der Waals surface area (Å²) in [7, 11) is 5.78. The van der Waals surface area contributed by atoms with E-state index in [2.05, 4.69) is 31.2 Å². The number of hydrogen-bond donors (Lipinski definition) is 2. The van der Waals surface area contributed by atoms with E-state index in [9.17, 15) is 4.79 Å². The minimum atomic E-state index is 0. The van der Waals surface area contributed by atoms with Gasteiger partial charge in [0.05, 0.1) is 6.54 Å². The van der Waals surface area contributed by atoms with Crippen LogP contribution in [0.25, 0.3) is 0 Å². The molecule has 0 saturated carbocycles. The minimum absolute atomic E-state index is 0. The van der Waals surface area contributed by atoms with E-state index in [0.29, 0.717) is 13.1 Å². The van der Waals surface area contributed by atoms with Crippen molar-refractivity contribution in [2.45, 2.75) is 20.4 Å². The topological polar surface area (TPSA) is 61.7 Å². The third kappa shape index (κ3) is 6.67. The van der Waals surface area contributed by atoms with Crippen LogP contribution in [0.2, 0.25) is 0 Å². The Hall–Kier alpha value is -1.25. The lowest BCUT2D eigenvalue weighted by Crippen LogP contribution is -2.42.